The number of hydrogen-bond acceptors (Lipinski definition) is 7. The number of ether oxygens (including phenoxy) is 3. The summed E-state index contributed by atoms with van der Waals surface area (Å²) in [5, 5.41) is 3.80. The predicted octanol–water partition coefficient (Wildman–Crippen LogP) is 3.80. The van der Waals surface area contributed by atoms with E-state index >= 15 is 0 Å². The van der Waals surface area contributed by atoms with Crippen LogP contribution in [0.2, 0.25) is 0 Å². The average molecular weight is 530 g/mol. The quantitative estimate of drug-likeness (QED) is 0.256. The second-order valence-electron chi connectivity index (χ2n) is 8.66. The van der Waals surface area contributed by atoms with Crippen LogP contribution < -0.4 is 20.7 Å². The van der Waals surface area contributed by atoms with Gasteiger partial charge in [-0.25, -0.2) is 9.48 Å². The largest absolute Gasteiger partial charge is 0.487 e. The molecule has 1 atom stereocenters. The molecule has 1 aromatic carbocycles. The lowest BCUT2D eigenvalue weighted by Crippen LogP contribution is -2.41. The highest BCUT2D eigenvalue weighted by Gasteiger charge is 2.26. The van der Waals surface area contributed by atoms with Gasteiger partial charge in [-0.3, -0.25) is 14.2 Å². The van der Waals surface area contributed by atoms with E-state index < -0.39 is 23.8 Å². The number of aromatic nitrogens is 3. The minimum Gasteiger partial charge on any atom is -0.487 e. The molecule has 1 heterocycles. The van der Waals surface area contributed by atoms with Gasteiger partial charge in [-0.2, -0.15) is 13.2 Å². The summed E-state index contributed by atoms with van der Waals surface area (Å²) in [6.07, 6.45) is -2.75. The van der Waals surface area contributed by atoms with Crippen LogP contribution in [-0.4, -0.2) is 45.8 Å². The summed E-state index contributed by atoms with van der Waals surface area (Å²) in [7, 11) is 1.31. The number of alkyl halides is 3. The molecule has 2 rings (SSSR count). The van der Waals surface area contributed by atoms with E-state index in [9.17, 15) is 27.6 Å². The summed E-state index contributed by atoms with van der Waals surface area (Å²) in [5.74, 6) is 0.109. The van der Waals surface area contributed by atoms with Crippen LogP contribution in [0.25, 0.3) is 0 Å². The van der Waals surface area contributed by atoms with Crippen molar-refractivity contribution in [2.24, 2.45) is 7.05 Å². The van der Waals surface area contributed by atoms with E-state index in [1.165, 1.54) is 7.05 Å². The molecule has 9 nitrogen and oxygen atoms in total. The molecule has 0 spiro atoms. The van der Waals surface area contributed by atoms with Crippen molar-refractivity contribution < 1.29 is 32.2 Å². The molecule has 0 N–H and O–H groups in total. The maximum absolute atomic E-state index is 12.4. The summed E-state index contributed by atoms with van der Waals surface area (Å²) in [6, 6.07) is 7.65. The average Bonchev–Trinajstić information content (AvgIpc) is 2.84. The van der Waals surface area contributed by atoms with E-state index in [1.807, 2.05) is 31.2 Å². The number of nitrogens with zero attached hydrogens (tertiary/aromatic N) is 3. The molecule has 0 bridgehead atoms. The molecule has 0 saturated heterocycles. The van der Waals surface area contributed by atoms with Gasteiger partial charge in [0, 0.05) is 26.4 Å². The Hall–Kier alpha value is -3.31. The van der Waals surface area contributed by atoms with Gasteiger partial charge in [0.1, 0.15) is 18.5 Å². The predicted molar refractivity (Wildman–Crippen MR) is 130 cm³/mol. The molecule has 206 valence electrons. The van der Waals surface area contributed by atoms with E-state index in [0.717, 1.165) is 34.1 Å². The van der Waals surface area contributed by atoms with Crippen molar-refractivity contribution in [2.45, 2.75) is 77.6 Å². The molecule has 0 amide bonds. The normalized spacial score (nSPS) is 12.3. The maximum atomic E-state index is 12.4. The van der Waals surface area contributed by atoms with Gasteiger partial charge in [0.15, 0.2) is 0 Å². The van der Waals surface area contributed by atoms with E-state index in [4.69, 9.17) is 14.2 Å². The van der Waals surface area contributed by atoms with E-state index in [-0.39, 0.29) is 44.1 Å². The third kappa shape index (κ3) is 10.7. The Bertz CT molecular complexity index is 1130. The van der Waals surface area contributed by atoms with Crippen LogP contribution in [0.3, 0.4) is 0 Å². The smallest absolute Gasteiger partial charge is 0.389 e. The van der Waals surface area contributed by atoms with Crippen LogP contribution >= 0.6 is 0 Å². The summed E-state index contributed by atoms with van der Waals surface area (Å²) >= 11 is 0. The lowest BCUT2D eigenvalue weighted by molar-refractivity contribution is -0.145. The zero-order chi connectivity index (χ0) is 27.4. The number of carbonyl (C=O) groups is 1. The number of hydrogen-bond donors (Lipinski definition) is 0. The summed E-state index contributed by atoms with van der Waals surface area (Å²) in [5.41, 5.74) is -0.541. The van der Waals surface area contributed by atoms with Crippen molar-refractivity contribution in [3.8, 4) is 11.6 Å². The maximum Gasteiger partial charge on any atom is 0.389 e. The highest BCUT2D eigenvalue weighted by Crippen LogP contribution is 2.21. The van der Waals surface area contributed by atoms with E-state index in [1.54, 1.807) is 6.92 Å². The fourth-order valence-corrected chi connectivity index (χ4v) is 3.45. The van der Waals surface area contributed by atoms with Gasteiger partial charge in [0.05, 0.1) is 6.61 Å². The van der Waals surface area contributed by atoms with Crippen LogP contribution in [0.1, 0.15) is 57.9 Å². The van der Waals surface area contributed by atoms with Gasteiger partial charge in [-0.05, 0) is 56.7 Å². The monoisotopic (exact) mass is 529 g/mol. The molecule has 0 radical (unpaired) electrons. The van der Waals surface area contributed by atoms with Gasteiger partial charge < -0.3 is 14.2 Å². The topological polar surface area (TPSA) is 102 Å². The molecular formula is C25H34F3N3O6. The fraction of sp³-hybridized carbons (Fsp3) is 0.600. The number of carbonyl (C=O) groups excluding carboxylic acids is 1. The van der Waals surface area contributed by atoms with Gasteiger partial charge in [-0.1, -0.05) is 19.1 Å². The van der Waals surface area contributed by atoms with Crippen molar-refractivity contribution in [2.75, 3.05) is 13.2 Å². The third-order valence-corrected chi connectivity index (χ3v) is 5.37. The second-order valence-corrected chi connectivity index (χ2v) is 8.66. The first-order valence-electron chi connectivity index (χ1n) is 12.3. The Balaban J connectivity index is 1.78. The number of aryl methyl sites for hydroxylation is 2. The standard InChI is InChI=1S/C25H34F3N3O6/c1-4-21(32)36-17-18(2)37-20-12-8-11-19(16-20)10-6-5-7-15-35-22-23(33)31(24(34)30(3)29-22)14-9-13-25(26,27)28/h8,11-12,16,18H,4-7,9-10,13-15,17H2,1-3H3. The first kappa shape index (κ1) is 29.9. The molecule has 0 aliphatic heterocycles. The first-order chi connectivity index (χ1) is 17.5. The number of benzene rings is 1. The van der Waals surface area contributed by atoms with Crippen LogP contribution in [0.4, 0.5) is 13.2 Å². The molecule has 37 heavy (non-hydrogen) atoms. The molecule has 1 unspecified atom stereocenters. The number of esters is 1. The van der Waals surface area contributed by atoms with Crippen LogP contribution in [0.15, 0.2) is 33.9 Å². The lowest BCUT2D eigenvalue weighted by atomic mass is 10.1. The summed E-state index contributed by atoms with van der Waals surface area (Å²) in [6.45, 7) is 3.55. The van der Waals surface area contributed by atoms with Crippen molar-refractivity contribution in [1.29, 1.82) is 0 Å². The highest BCUT2D eigenvalue weighted by molar-refractivity contribution is 5.68. The minimum atomic E-state index is -4.36. The van der Waals surface area contributed by atoms with Crippen LogP contribution in [-0.2, 0) is 29.5 Å². The molecule has 0 aliphatic carbocycles. The van der Waals surface area contributed by atoms with Crippen LogP contribution in [0.5, 0.6) is 11.6 Å². The lowest BCUT2D eigenvalue weighted by Gasteiger charge is -2.15. The fourth-order valence-electron chi connectivity index (χ4n) is 3.45. The van der Waals surface area contributed by atoms with Crippen molar-refractivity contribution in [3.05, 3.63) is 50.7 Å². The SMILES string of the molecule is CCC(=O)OCC(C)Oc1cccc(CCCCCOc2nn(C)c(=O)n(CCCC(F)(F)F)c2=O)c1. The molecule has 2 aromatic rings. The Morgan fingerprint density at radius 2 is 1.89 bits per heavy atom. The van der Waals surface area contributed by atoms with Crippen molar-refractivity contribution in [1.82, 2.24) is 14.3 Å². The van der Waals surface area contributed by atoms with Gasteiger partial charge >= 0.3 is 23.4 Å². The minimum absolute atomic E-state index is 0.181. The molecule has 1 aromatic heterocycles. The van der Waals surface area contributed by atoms with Crippen molar-refractivity contribution in [3.63, 3.8) is 0 Å². The zero-order valence-corrected chi connectivity index (χ0v) is 21.4. The van der Waals surface area contributed by atoms with Crippen LogP contribution in [0, 0.1) is 0 Å². The number of halogens is 3. The van der Waals surface area contributed by atoms with E-state index in [2.05, 4.69) is 5.10 Å². The molecule has 12 heteroatoms. The Morgan fingerprint density at radius 1 is 1.14 bits per heavy atom. The van der Waals surface area contributed by atoms with Gasteiger partial charge in [0.2, 0.25) is 0 Å². The highest BCUT2D eigenvalue weighted by atomic mass is 19.4. The van der Waals surface area contributed by atoms with Gasteiger partial charge in [-0.15, -0.1) is 5.10 Å². The molecular weight excluding hydrogens is 495 g/mol. The third-order valence-electron chi connectivity index (χ3n) is 5.37. The van der Waals surface area contributed by atoms with Crippen molar-refractivity contribution >= 4 is 5.97 Å². The Kier molecular flexibility index (Phi) is 11.7. The molecule has 0 fully saturated rings. The second kappa shape index (κ2) is 14.4. The zero-order valence-electron chi connectivity index (χ0n) is 21.4. The number of rotatable bonds is 15. The molecule has 0 saturated carbocycles. The van der Waals surface area contributed by atoms with Gasteiger partial charge in [0.25, 0.3) is 5.88 Å². The Labute approximate surface area is 213 Å². The molecule has 0 aliphatic rings. The summed E-state index contributed by atoms with van der Waals surface area (Å²) < 4.78 is 55.1. The number of unbranched alkanes of at least 4 members (excludes halogenated alkanes) is 2. The van der Waals surface area contributed by atoms with E-state index in [0.29, 0.717) is 18.6 Å². The summed E-state index contributed by atoms with van der Waals surface area (Å²) in [4.78, 5) is 35.8. The Morgan fingerprint density at radius 3 is 2.59 bits per heavy atom. The first-order valence-corrected chi connectivity index (χ1v) is 12.3.